The van der Waals surface area contributed by atoms with Crippen LogP contribution in [0.4, 0.5) is 23.3 Å². The maximum atomic E-state index is 6.39. The Kier molecular flexibility index (Phi) is 5.76. The number of ether oxygens (including phenoxy) is 3. The molecule has 4 rings (SSSR count). The van der Waals surface area contributed by atoms with Crippen molar-refractivity contribution in [1.82, 2.24) is 15.0 Å². The summed E-state index contributed by atoms with van der Waals surface area (Å²) in [6.45, 7) is 0.807. The summed E-state index contributed by atoms with van der Waals surface area (Å²) in [7, 11) is 4.70. The first kappa shape index (κ1) is 20.0. The molecule has 156 valence electrons. The molecule has 9 heteroatoms. The standard InChI is InChI=1S/C21H22ClN5O3/c1-28-17-10-13(11-18(29-2)19(17)30-3)25-20-23-12-24-21(26-20)27-9-5-6-14-15(22)7-4-8-16(14)27/h4,7-8,10-12H,5-6,9H2,1-3H3,(H,23,24,25,26). The molecule has 1 aromatic heterocycles. The van der Waals surface area contributed by atoms with E-state index in [1.165, 1.54) is 6.33 Å². The van der Waals surface area contributed by atoms with Crippen LogP contribution < -0.4 is 24.4 Å². The van der Waals surface area contributed by atoms with Crippen LogP contribution in [-0.2, 0) is 6.42 Å². The van der Waals surface area contributed by atoms with Gasteiger partial charge in [-0.15, -0.1) is 0 Å². The van der Waals surface area contributed by atoms with E-state index in [0.29, 0.717) is 34.8 Å². The Morgan fingerprint density at radius 3 is 2.50 bits per heavy atom. The average Bonchev–Trinajstić information content (AvgIpc) is 2.78. The van der Waals surface area contributed by atoms with Crippen LogP contribution in [0.1, 0.15) is 12.0 Å². The molecule has 1 aliphatic heterocycles. The molecule has 0 amide bonds. The van der Waals surface area contributed by atoms with Gasteiger partial charge in [0.1, 0.15) is 6.33 Å². The van der Waals surface area contributed by atoms with Crippen LogP contribution in [0, 0.1) is 0 Å². The summed E-state index contributed by atoms with van der Waals surface area (Å²) in [5.41, 5.74) is 2.84. The molecule has 1 aliphatic rings. The number of benzene rings is 2. The number of nitrogens with one attached hydrogen (secondary N) is 1. The molecule has 0 saturated heterocycles. The second-order valence-corrected chi connectivity index (χ2v) is 7.05. The second-order valence-electron chi connectivity index (χ2n) is 6.64. The van der Waals surface area contributed by atoms with E-state index < -0.39 is 0 Å². The van der Waals surface area contributed by atoms with Crippen molar-refractivity contribution in [3.8, 4) is 17.2 Å². The van der Waals surface area contributed by atoms with Crippen molar-refractivity contribution in [2.75, 3.05) is 38.1 Å². The Morgan fingerprint density at radius 2 is 1.80 bits per heavy atom. The van der Waals surface area contributed by atoms with Gasteiger partial charge in [-0.3, -0.25) is 0 Å². The molecule has 3 aromatic rings. The quantitative estimate of drug-likeness (QED) is 0.620. The molecule has 0 fully saturated rings. The third-order valence-corrected chi connectivity index (χ3v) is 5.27. The molecule has 0 spiro atoms. The van der Waals surface area contributed by atoms with E-state index in [2.05, 4.69) is 25.2 Å². The molecule has 2 heterocycles. The predicted molar refractivity (Wildman–Crippen MR) is 116 cm³/mol. The van der Waals surface area contributed by atoms with Gasteiger partial charge in [0.15, 0.2) is 11.5 Å². The molecule has 2 aromatic carbocycles. The van der Waals surface area contributed by atoms with Crippen LogP contribution in [0.25, 0.3) is 0 Å². The third kappa shape index (κ3) is 3.78. The summed E-state index contributed by atoms with van der Waals surface area (Å²) >= 11 is 6.39. The number of hydrogen-bond donors (Lipinski definition) is 1. The predicted octanol–water partition coefficient (Wildman–Crippen LogP) is 4.38. The smallest absolute Gasteiger partial charge is 0.234 e. The molecule has 0 saturated carbocycles. The SMILES string of the molecule is COc1cc(Nc2ncnc(N3CCCc4c(Cl)cccc43)n2)cc(OC)c1OC. The van der Waals surface area contributed by atoms with Crippen molar-refractivity contribution in [1.29, 1.82) is 0 Å². The van der Waals surface area contributed by atoms with E-state index in [1.54, 1.807) is 33.5 Å². The first-order chi connectivity index (χ1) is 14.6. The average molecular weight is 428 g/mol. The zero-order valence-corrected chi connectivity index (χ0v) is 17.7. The van der Waals surface area contributed by atoms with Crippen LogP contribution in [-0.4, -0.2) is 42.8 Å². The number of halogens is 1. The molecular formula is C21H22ClN5O3. The van der Waals surface area contributed by atoms with Gasteiger partial charge in [-0.2, -0.15) is 4.98 Å². The minimum atomic E-state index is 0.406. The number of nitrogens with zero attached hydrogens (tertiary/aromatic N) is 4. The monoisotopic (exact) mass is 427 g/mol. The lowest BCUT2D eigenvalue weighted by molar-refractivity contribution is 0.324. The summed E-state index contributed by atoms with van der Waals surface area (Å²) in [6.07, 6.45) is 3.40. The van der Waals surface area contributed by atoms with Gasteiger partial charge in [0.25, 0.3) is 0 Å². The van der Waals surface area contributed by atoms with Gasteiger partial charge in [-0.05, 0) is 30.5 Å². The largest absolute Gasteiger partial charge is 0.493 e. The molecule has 8 nitrogen and oxygen atoms in total. The number of anilines is 4. The van der Waals surface area contributed by atoms with Crippen LogP contribution in [0.5, 0.6) is 17.2 Å². The number of aromatic nitrogens is 3. The zero-order valence-electron chi connectivity index (χ0n) is 17.0. The van der Waals surface area contributed by atoms with Gasteiger partial charge in [-0.1, -0.05) is 17.7 Å². The Hall–Kier alpha value is -3.26. The minimum absolute atomic E-state index is 0.406. The van der Waals surface area contributed by atoms with Crippen molar-refractivity contribution in [3.63, 3.8) is 0 Å². The Bertz CT molecular complexity index is 1040. The molecule has 0 unspecified atom stereocenters. The van der Waals surface area contributed by atoms with Crippen molar-refractivity contribution < 1.29 is 14.2 Å². The molecule has 0 atom stereocenters. The summed E-state index contributed by atoms with van der Waals surface area (Å²) in [5, 5.41) is 3.95. The highest BCUT2D eigenvalue weighted by atomic mass is 35.5. The van der Waals surface area contributed by atoms with Crippen molar-refractivity contribution in [2.24, 2.45) is 0 Å². The highest BCUT2D eigenvalue weighted by Crippen LogP contribution is 2.40. The van der Waals surface area contributed by atoms with E-state index >= 15 is 0 Å². The Morgan fingerprint density at radius 1 is 1.03 bits per heavy atom. The van der Waals surface area contributed by atoms with E-state index in [0.717, 1.165) is 35.7 Å². The third-order valence-electron chi connectivity index (χ3n) is 4.91. The van der Waals surface area contributed by atoms with E-state index in [1.807, 2.05) is 18.2 Å². The number of fused-ring (bicyclic) bond motifs is 1. The summed E-state index contributed by atoms with van der Waals surface area (Å²) < 4.78 is 16.2. The highest BCUT2D eigenvalue weighted by Gasteiger charge is 2.22. The molecule has 0 radical (unpaired) electrons. The molecular weight excluding hydrogens is 406 g/mol. The maximum Gasteiger partial charge on any atom is 0.234 e. The number of hydrogen-bond acceptors (Lipinski definition) is 8. The van der Waals surface area contributed by atoms with E-state index in [4.69, 9.17) is 25.8 Å². The number of rotatable bonds is 6. The fourth-order valence-electron chi connectivity index (χ4n) is 3.55. The topological polar surface area (TPSA) is 81.6 Å². The van der Waals surface area contributed by atoms with Crippen molar-refractivity contribution in [3.05, 3.63) is 47.2 Å². The lowest BCUT2D eigenvalue weighted by Crippen LogP contribution is -2.26. The normalized spacial score (nSPS) is 12.9. The highest BCUT2D eigenvalue weighted by molar-refractivity contribution is 6.31. The van der Waals surface area contributed by atoms with Gasteiger partial charge >= 0.3 is 0 Å². The Balaban J connectivity index is 1.65. The van der Waals surface area contributed by atoms with Gasteiger partial charge in [0, 0.05) is 35.1 Å². The zero-order chi connectivity index (χ0) is 21.1. The molecule has 0 bridgehead atoms. The van der Waals surface area contributed by atoms with Gasteiger partial charge in [0.2, 0.25) is 17.6 Å². The summed E-state index contributed by atoms with van der Waals surface area (Å²) in [5.74, 6) is 2.55. The van der Waals surface area contributed by atoms with E-state index in [-0.39, 0.29) is 0 Å². The van der Waals surface area contributed by atoms with Gasteiger partial charge in [0.05, 0.1) is 21.3 Å². The Labute approximate surface area is 179 Å². The fraction of sp³-hybridized carbons (Fsp3) is 0.286. The second kappa shape index (κ2) is 8.62. The van der Waals surface area contributed by atoms with Gasteiger partial charge < -0.3 is 24.4 Å². The van der Waals surface area contributed by atoms with Crippen molar-refractivity contribution >= 4 is 34.9 Å². The maximum absolute atomic E-state index is 6.39. The fourth-order valence-corrected chi connectivity index (χ4v) is 3.81. The lowest BCUT2D eigenvalue weighted by Gasteiger charge is -2.30. The molecule has 30 heavy (non-hydrogen) atoms. The summed E-state index contributed by atoms with van der Waals surface area (Å²) in [6, 6.07) is 9.47. The van der Waals surface area contributed by atoms with E-state index in [9.17, 15) is 0 Å². The number of methoxy groups -OCH3 is 3. The molecule has 0 aliphatic carbocycles. The molecule has 1 N–H and O–H groups in total. The minimum Gasteiger partial charge on any atom is -0.493 e. The van der Waals surface area contributed by atoms with Crippen LogP contribution >= 0.6 is 11.6 Å². The van der Waals surface area contributed by atoms with Crippen LogP contribution in [0.3, 0.4) is 0 Å². The van der Waals surface area contributed by atoms with Crippen LogP contribution in [0.2, 0.25) is 5.02 Å². The van der Waals surface area contributed by atoms with Crippen molar-refractivity contribution in [2.45, 2.75) is 12.8 Å². The van der Waals surface area contributed by atoms with Crippen LogP contribution in [0.15, 0.2) is 36.7 Å². The first-order valence-electron chi connectivity index (χ1n) is 9.45. The lowest BCUT2D eigenvalue weighted by atomic mass is 10.0. The first-order valence-corrected chi connectivity index (χ1v) is 9.83. The van der Waals surface area contributed by atoms with Gasteiger partial charge in [-0.25, -0.2) is 9.97 Å². The summed E-state index contributed by atoms with van der Waals surface area (Å²) in [4.78, 5) is 15.3.